The highest BCUT2D eigenvalue weighted by Crippen LogP contribution is 2.29. The molecule has 17 heavy (non-hydrogen) atoms. The largest absolute Gasteiger partial charge is 0.464 e. The van der Waals surface area contributed by atoms with Gasteiger partial charge in [-0.15, -0.1) is 10.2 Å². The first-order chi connectivity index (χ1) is 8.19. The van der Waals surface area contributed by atoms with E-state index in [1.807, 2.05) is 31.1 Å². The normalized spacial score (nSPS) is 10.8. The van der Waals surface area contributed by atoms with Crippen LogP contribution in [-0.2, 0) is 12.3 Å². The summed E-state index contributed by atoms with van der Waals surface area (Å²) in [6.45, 7) is 0.439. The summed E-state index contributed by atoms with van der Waals surface area (Å²) in [6.07, 6.45) is 0. The lowest BCUT2D eigenvalue weighted by Gasteiger charge is -2.03. The lowest BCUT2D eigenvalue weighted by atomic mass is 10.4. The van der Waals surface area contributed by atoms with Crippen LogP contribution in [0, 0.1) is 0 Å². The van der Waals surface area contributed by atoms with Crippen molar-refractivity contribution in [3.63, 3.8) is 0 Å². The van der Waals surface area contributed by atoms with Crippen LogP contribution in [-0.4, -0.2) is 24.3 Å². The second-order valence-electron chi connectivity index (χ2n) is 3.61. The average molecular weight is 270 g/mol. The van der Waals surface area contributed by atoms with Crippen LogP contribution in [0.1, 0.15) is 11.5 Å². The highest BCUT2D eigenvalue weighted by molar-refractivity contribution is 8.00. The van der Waals surface area contributed by atoms with Gasteiger partial charge in [0.05, 0.1) is 12.3 Å². The fourth-order valence-corrected chi connectivity index (χ4v) is 2.84. The topological polar surface area (TPSA) is 68.2 Å². The van der Waals surface area contributed by atoms with E-state index in [0.29, 0.717) is 6.54 Å². The minimum absolute atomic E-state index is 0.439. The van der Waals surface area contributed by atoms with E-state index in [4.69, 9.17) is 10.2 Å². The molecule has 0 saturated carbocycles. The summed E-state index contributed by atoms with van der Waals surface area (Å²) in [5.74, 6) is 2.48. The van der Waals surface area contributed by atoms with Gasteiger partial charge in [0.2, 0.25) is 5.13 Å². The molecule has 0 aromatic carbocycles. The van der Waals surface area contributed by atoms with E-state index < -0.39 is 0 Å². The number of hydrogen-bond donors (Lipinski definition) is 1. The molecule has 5 nitrogen and oxygen atoms in total. The minimum Gasteiger partial charge on any atom is -0.464 e. The Morgan fingerprint density at radius 1 is 1.35 bits per heavy atom. The SMILES string of the molecule is CN(C)c1nnc(SCc2ccc(CN)o2)s1. The molecule has 0 fully saturated rings. The molecule has 0 saturated heterocycles. The van der Waals surface area contributed by atoms with Crippen LogP contribution in [0.4, 0.5) is 5.13 Å². The summed E-state index contributed by atoms with van der Waals surface area (Å²) in [7, 11) is 3.91. The zero-order valence-electron chi connectivity index (χ0n) is 9.71. The second-order valence-corrected chi connectivity index (χ2v) is 5.78. The number of anilines is 1. The van der Waals surface area contributed by atoms with Crippen molar-refractivity contribution in [3.05, 3.63) is 23.7 Å². The van der Waals surface area contributed by atoms with Gasteiger partial charge in [-0.05, 0) is 12.1 Å². The van der Waals surface area contributed by atoms with Crippen LogP contribution in [0.25, 0.3) is 0 Å². The molecule has 0 amide bonds. The van der Waals surface area contributed by atoms with Gasteiger partial charge in [0.15, 0.2) is 4.34 Å². The maximum atomic E-state index is 5.51. The molecule has 2 heterocycles. The van der Waals surface area contributed by atoms with Crippen LogP contribution in [0.3, 0.4) is 0 Å². The number of thioether (sulfide) groups is 1. The van der Waals surface area contributed by atoms with Crippen LogP contribution >= 0.6 is 23.1 Å². The van der Waals surface area contributed by atoms with Crippen molar-refractivity contribution >= 4 is 28.2 Å². The van der Waals surface area contributed by atoms with Gasteiger partial charge < -0.3 is 15.1 Å². The molecule has 2 aromatic rings. The summed E-state index contributed by atoms with van der Waals surface area (Å²) >= 11 is 3.19. The number of nitrogens with zero attached hydrogens (tertiary/aromatic N) is 3. The highest BCUT2D eigenvalue weighted by atomic mass is 32.2. The Bertz CT molecular complexity index is 480. The van der Waals surface area contributed by atoms with Crippen LogP contribution < -0.4 is 10.6 Å². The van der Waals surface area contributed by atoms with Crippen molar-refractivity contribution in [1.82, 2.24) is 10.2 Å². The molecule has 2 aromatic heterocycles. The maximum absolute atomic E-state index is 5.51. The third-order valence-electron chi connectivity index (χ3n) is 2.03. The van der Waals surface area contributed by atoms with E-state index in [2.05, 4.69) is 10.2 Å². The zero-order chi connectivity index (χ0) is 12.3. The molecule has 0 atom stereocenters. The maximum Gasteiger partial charge on any atom is 0.208 e. The van der Waals surface area contributed by atoms with Crippen LogP contribution in [0.15, 0.2) is 20.9 Å². The van der Waals surface area contributed by atoms with Gasteiger partial charge in [-0.2, -0.15) is 0 Å². The average Bonchev–Trinajstić information content (AvgIpc) is 2.95. The molecule has 0 bridgehead atoms. The summed E-state index contributed by atoms with van der Waals surface area (Å²) < 4.78 is 6.45. The monoisotopic (exact) mass is 270 g/mol. The van der Waals surface area contributed by atoms with E-state index in [9.17, 15) is 0 Å². The predicted octanol–water partition coefficient (Wildman–Crippen LogP) is 1.95. The molecular weight excluding hydrogens is 256 g/mol. The number of rotatable bonds is 5. The van der Waals surface area contributed by atoms with E-state index >= 15 is 0 Å². The molecule has 7 heteroatoms. The highest BCUT2D eigenvalue weighted by Gasteiger charge is 2.08. The first-order valence-electron chi connectivity index (χ1n) is 5.10. The lowest BCUT2D eigenvalue weighted by Crippen LogP contribution is -2.07. The fraction of sp³-hybridized carbons (Fsp3) is 0.400. The Hall–Kier alpha value is -1.05. The number of furan rings is 1. The van der Waals surface area contributed by atoms with Gasteiger partial charge in [0.25, 0.3) is 0 Å². The Morgan fingerprint density at radius 2 is 2.12 bits per heavy atom. The van der Waals surface area contributed by atoms with Gasteiger partial charge in [-0.1, -0.05) is 23.1 Å². The molecule has 0 spiro atoms. The molecular formula is C10H14N4OS2. The van der Waals surface area contributed by atoms with Crippen LogP contribution in [0.5, 0.6) is 0 Å². The van der Waals surface area contributed by atoms with Crippen molar-refractivity contribution in [2.24, 2.45) is 5.73 Å². The molecule has 2 rings (SSSR count). The van der Waals surface area contributed by atoms with Crippen molar-refractivity contribution < 1.29 is 4.42 Å². The Labute approximate surface area is 108 Å². The summed E-state index contributed by atoms with van der Waals surface area (Å²) in [4.78, 5) is 1.95. The first kappa shape index (κ1) is 12.4. The molecule has 2 N–H and O–H groups in total. The van der Waals surface area contributed by atoms with Gasteiger partial charge in [0, 0.05) is 14.1 Å². The van der Waals surface area contributed by atoms with Crippen molar-refractivity contribution in [3.8, 4) is 0 Å². The zero-order valence-corrected chi connectivity index (χ0v) is 11.3. The second kappa shape index (κ2) is 5.52. The molecule has 0 aliphatic rings. The minimum atomic E-state index is 0.439. The van der Waals surface area contributed by atoms with E-state index in [1.54, 1.807) is 23.1 Å². The third-order valence-corrected chi connectivity index (χ3v) is 4.28. The quantitative estimate of drug-likeness (QED) is 0.838. The van der Waals surface area contributed by atoms with E-state index in [1.165, 1.54) is 0 Å². The van der Waals surface area contributed by atoms with E-state index in [-0.39, 0.29) is 0 Å². The van der Waals surface area contributed by atoms with Crippen molar-refractivity contribution in [1.29, 1.82) is 0 Å². The molecule has 0 aliphatic carbocycles. The van der Waals surface area contributed by atoms with Crippen molar-refractivity contribution in [2.75, 3.05) is 19.0 Å². The van der Waals surface area contributed by atoms with Gasteiger partial charge >= 0.3 is 0 Å². The third kappa shape index (κ3) is 3.21. The Kier molecular flexibility index (Phi) is 4.03. The number of hydrogen-bond acceptors (Lipinski definition) is 7. The summed E-state index contributed by atoms with van der Waals surface area (Å²) in [5.41, 5.74) is 5.48. The molecule has 0 aliphatic heterocycles. The van der Waals surface area contributed by atoms with E-state index in [0.717, 1.165) is 26.7 Å². The number of nitrogens with two attached hydrogens (primary N) is 1. The predicted molar refractivity (Wildman–Crippen MR) is 70.4 cm³/mol. The summed E-state index contributed by atoms with van der Waals surface area (Å²) in [5, 5.41) is 9.09. The smallest absolute Gasteiger partial charge is 0.208 e. The standard InChI is InChI=1S/C10H14N4OS2/c1-14(2)9-12-13-10(17-9)16-6-8-4-3-7(5-11)15-8/h3-4H,5-6,11H2,1-2H3. The van der Waals surface area contributed by atoms with Gasteiger partial charge in [-0.25, -0.2) is 0 Å². The lowest BCUT2D eigenvalue weighted by molar-refractivity contribution is 0.482. The summed E-state index contributed by atoms with van der Waals surface area (Å²) in [6, 6.07) is 3.85. The fourth-order valence-electron chi connectivity index (χ4n) is 1.18. The van der Waals surface area contributed by atoms with Crippen molar-refractivity contribution in [2.45, 2.75) is 16.6 Å². The molecule has 0 radical (unpaired) electrons. The Morgan fingerprint density at radius 3 is 2.71 bits per heavy atom. The Balaban J connectivity index is 1.92. The van der Waals surface area contributed by atoms with Gasteiger partial charge in [0.1, 0.15) is 11.5 Å². The van der Waals surface area contributed by atoms with Gasteiger partial charge in [-0.3, -0.25) is 0 Å². The first-order valence-corrected chi connectivity index (χ1v) is 6.90. The number of aromatic nitrogens is 2. The van der Waals surface area contributed by atoms with Crippen LogP contribution in [0.2, 0.25) is 0 Å². The molecule has 92 valence electrons. The molecule has 0 unspecified atom stereocenters.